The third-order valence-corrected chi connectivity index (χ3v) is 5.98. The van der Waals surface area contributed by atoms with Gasteiger partial charge in [0.05, 0.1) is 17.0 Å². The lowest BCUT2D eigenvalue weighted by Gasteiger charge is -2.07. The van der Waals surface area contributed by atoms with Crippen LogP contribution in [0.5, 0.6) is 0 Å². The van der Waals surface area contributed by atoms with Crippen molar-refractivity contribution < 1.29 is 14.4 Å². The van der Waals surface area contributed by atoms with E-state index in [-0.39, 0.29) is 24.0 Å². The van der Waals surface area contributed by atoms with Crippen molar-refractivity contribution in [1.29, 1.82) is 0 Å². The van der Waals surface area contributed by atoms with E-state index in [4.69, 9.17) is 0 Å². The molecule has 0 saturated heterocycles. The first-order valence-corrected chi connectivity index (χ1v) is 11.1. The molecule has 4 aromatic rings. The molecule has 2 amide bonds. The molecule has 0 aliphatic heterocycles. The number of thiazole rings is 1. The molecule has 6 nitrogen and oxygen atoms in total. The molecule has 0 saturated carbocycles. The van der Waals surface area contributed by atoms with Crippen molar-refractivity contribution in [3.8, 4) is 0 Å². The molecule has 0 radical (unpaired) electrons. The Labute approximate surface area is 186 Å². The first-order valence-electron chi connectivity index (χ1n) is 9.37. The average molecular weight is 448 g/mol. The second-order valence-electron chi connectivity index (χ2n) is 6.58. The Balaban J connectivity index is 1.37. The van der Waals surface area contributed by atoms with Crippen LogP contribution in [0.4, 0.5) is 10.8 Å². The predicted molar refractivity (Wildman–Crippen MR) is 123 cm³/mol. The number of hydrogen-bond acceptors (Lipinski definition) is 6. The zero-order chi connectivity index (χ0) is 21.6. The summed E-state index contributed by atoms with van der Waals surface area (Å²) in [5, 5.41) is 9.53. The van der Waals surface area contributed by atoms with Crippen molar-refractivity contribution in [2.75, 3.05) is 10.6 Å². The zero-order valence-corrected chi connectivity index (χ0v) is 17.8. The minimum absolute atomic E-state index is 0.0578. The van der Waals surface area contributed by atoms with Crippen LogP contribution >= 0.6 is 22.7 Å². The van der Waals surface area contributed by atoms with Crippen molar-refractivity contribution in [2.24, 2.45) is 0 Å². The second-order valence-corrected chi connectivity index (χ2v) is 8.38. The molecule has 0 aliphatic carbocycles. The summed E-state index contributed by atoms with van der Waals surface area (Å²) in [6.45, 7) is 0. The van der Waals surface area contributed by atoms with Crippen molar-refractivity contribution in [2.45, 2.75) is 6.42 Å². The molecule has 0 bridgehead atoms. The Morgan fingerprint density at radius 1 is 0.839 bits per heavy atom. The Hall–Kier alpha value is -3.62. The van der Waals surface area contributed by atoms with E-state index < -0.39 is 0 Å². The van der Waals surface area contributed by atoms with E-state index >= 15 is 0 Å². The largest absolute Gasteiger partial charge is 0.326 e. The molecule has 2 heterocycles. The van der Waals surface area contributed by atoms with Crippen molar-refractivity contribution in [1.82, 2.24) is 4.98 Å². The molecule has 0 atom stereocenters. The minimum Gasteiger partial charge on any atom is -0.326 e. The van der Waals surface area contributed by atoms with Crippen molar-refractivity contribution in [3.05, 3.63) is 99.2 Å². The molecule has 0 fully saturated rings. The highest BCUT2D eigenvalue weighted by Gasteiger charge is 2.13. The third kappa shape index (κ3) is 5.30. The lowest BCUT2D eigenvalue weighted by molar-refractivity contribution is -0.115. The molecular weight excluding hydrogens is 430 g/mol. The van der Waals surface area contributed by atoms with Gasteiger partial charge in [-0.2, -0.15) is 0 Å². The summed E-state index contributed by atoms with van der Waals surface area (Å²) in [6.07, 6.45) is 0.0578. The van der Waals surface area contributed by atoms with Crippen LogP contribution in [0.1, 0.15) is 31.3 Å². The number of benzene rings is 2. The van der Waals surface area contributed by atoms with Crippen LogP contribution in [0.3, 0.4) is 0 Å². The van der Waals surface area contributed by atoms with Crippen LogP contribution in [-0.2, 0) is 11.2 Å². The molecule has 31 heavy (non-hydrogen) atoms. The van der Waals surface area contributed by atoms with Crippen LogP contribution in [0, 0.1) is 0 Å². The number of anilines is 2. The van der Waals surface area contributed by atoms with E-state index in [1.165, 1.54) is 22.7 Å². The van der Waals surface area contributed by atoms with Crippen LogP contribution < -0.4 is 10.6 Å². The standard InChI is InChI=1S/C23H17N3O3S2/c27-20(13-18-14-31-23(25-18)26-22(29)19-10-5-11-30-19)24-17-9-4-8-16(12-17)21(28)15-6-2-1-3-7-15/h1-12,14H,13H2,(H,24,27)(H,25,26,29). The summed E-state index contributed by atoms with van der Waals surface area (Å²) in [5.41, 5.74) is 2.18. The quantitative estimate of drug-likeness (QED) is 0.396. The molecule has 2 aromatic heterocycles. The summed E-state index contributed by atoms with van der Waals surface area (Å²) >= 11 is 2.61. The Morgan fingerprint density at radius 3 is 2.42 bits per heavy atom. The SMILES string of the molecule is O=C(Cc1csc(NC(=O)c2cccs2)n1)Nc1cccc(C(=O)c2ccccc2)c1. The normalized spacial score (nSPS) is 10.5. The lowest BCUT2D eigenvalue weighted by Crippen LogP contribution is -2.15. The molecule has 0 unspecified atom stereocenters. The lowest BCUT2D eigenvalue weighted by atomic mass is 10.0. The molecule has 2 N–H and O–H groups in total. The fourth-order valence-electron chi connectivity index (χ4n) is 2.88. The van der Waals surface area contributed by atoms with Gasteiger partial charge in [-0.25, -0.2) is 4.98 Å². The Bertz CT molecular complexity index is 1220. The highest BCUT2D eigenvalue weighted by Crippen LogP contribution is 2.19. The van der Waals surface area contributed by atoms with Crippen molar-refractivity contribution >= 4 is 51.1 Å². The van der Waals surface area contributed by atoms with Gasteiger partial charge < -0.3 is 5.32 Å². The molecule has 4 rings (SSSR count). The number of amides is 2. The molecule has 154 valence electrons. The van der Waals surface area contributed by atoms with Crippen LogP contribution in [0.15, 0.2) is 77.5 Å². The summed E-state index contributed by atoms with van der Waals surface area (Å²) in [6, 6.07) is 19.3. The van der Waals surface area contributed by atoms with E-state index in [0.717, 1.165) is 0 Å². The van der Waals surface area contributed by atoms with Gasteiger partial charge in [0, 0.05) is 22.2 Å². The van der Waals surface area contributed by atoms with Gasteiger partial charge in [0.2, 0.25) is 5.91 Å². The number of nitrogens with one attached hydrogen (secondary N) is 2. The first kappa shape index (κ1) is 20.6. The summed E-state index contributed by atoms with van der Waals surface area (Å²) in [5.74, 6) is -0.590. The molecule has 2 aromatic carbocycles. The third-order valence-electron chi connectivity index (χ3n) is 4.30. The second kappa shape index (κ2) is 9.46. The maximum atomic E-state index is 12.6. The van der Waals surface area contributed by atoms with Gasteiger partial charge in [-0.05, 0) is 23.6 Å². The van der Waals surface area contributed by atoms with E-state index in [9.17, 15) is 14.4 Å². The van der Waals surface area contributed by atoms with Gasteiger partial charge in [0.1, 0.15) is 0 Å². The number of hydrogen-bond donors (Lipinski definition) is 2. The van der Waals surface area contributed by atoms with Gasteiger partial charge in [0.25, 0.3) is 5.91 Å². The van der Waals surface area contributed by atoms with Gasteiger partial charge in [-0.3, -0.25) is 19.7 Å². The number of thiophene rings is 1. The van der Waals surface area contributed by atoms with Gasteiger partial charge in [0.15, 0.2) is 10.9 Å². The fraction of sp³-hybridized carbons (Fsp3) is 0.0435. The molecule has 0 aliphatic rings. The van der Waals surface area contributed by atoms with E-state index in [0.29, 0.717) is 32.5 Å². The Morgan fingerprint density at radius 2 is 1.65 bits per heavy atom. The zero-order valence-electron chi connectivity index (χ0n) is 16.2. The van der Waals surface area contributed by atoms with E-state index in [1.54, 1.807) is 53.9 Å². The number of nitrogens with zero attached hydrogens (tertiary/aromatic N) is 1. The smallest absolute Gasteiger partial charge is 0.267 e. The first-order chi connectivity index (χ1) is 15.1. The number of ketones is 1. The minimum atomic E-state index is -0.259. The molecule has 8 heteroatoms. The number of rotatable bonds is 7. The summed E-state index contributed by atoms with van der Waals surface area (Å²) in [7, 11) is 0. The topological polar surface area (TPSA) is 88.2 Å². The van der Waals surface area contributed by atoms with Gasteiger partial charge in [-0.1, -0.05) is 48.5 Å². The monoisotopic (exact) mass is 447 g/mol. The highest BCUT2D eigenvalue weighted by molar-refractivity contribution is 7.14. The number of aromatic nitrogens is 1. The van der Waals surface area contributed by atoms with Crippen LogP contribution in [0.25, 0.3) is 0 Å². The molecular formula is C23H17N3O3S2. The van der Waals surface area contributed by atoms with Crippen LogP contribution in [-0.4, -0.2) is 22.6 Å². The number of carbonyl (C=O) groups excluding carboxylic acids is 3. The maximum absolute atomic E-state index is 12.6. The summed E-state index contributed by atoms with van der Waals surface area (Å²) in [4.78, 5) is 42.0. The highest BCUT2D eigenvalue weighted by atomic mass is 32.1. The maximum Gasteiger partial charge on any atom is 0.267 e. The van der Waals surface area contributed by atoms with E-state index in [2.05, 4.69) is 15.6 Å². The van der Waals surface area contributed by atoms with Gasteiger partial charge >= 0.3 is 0 Å². The van der Waals surface area contributed by atoms with E-state index in [1.807, 2.05) is 23.6 Å². The van der Waals surface area contributed by atoms with Gasteiger partial charge in [-0.15, -0.1) is 22.7 Å². The number of carbonyl (C=O) groups is 3. The molecule has 0 spiro atoms. The van der Waals surface area contributed by atoms with Crippen LogP contribution in [0.2, 0.25) is 0 Å². The fourth-order valence-corrected chi connectivity index (χ4v) is 4.20. The summed E-state index contributed by atoms with van der Waals surface area (Å²) < 4.78 is 0. The average Bonchev–Trinajstić information content (AvgIpc) is 3.46. The van der Waals surface area contributed by atoms with Crippen molar-refractivity contribution in [3.63, 3.8) is 0 Å². The predicted octanol–water partition coefficient (Wildman–Crippen LogP) is 4.87. The Kier molecular flexibility index (Phi) is 6.30.